The summed E-state index contributed by atoms with van der Waals surface area (Å²) in [6.07, 6.45) is 3.86. The zero-order chi connectivity index (χ0) is 16.1. The number of anilines is 1. The highest BCUT2D eigenvalue weighted by molar-refractivity contribution is 5.68. The highest BCUT2D eigenvalue weighted by Gasteiger charge is 2.21. The number of hydrogen-bond acceptors (Lipinski definition) is 3. The minimum Gasteiger partial charge on any atom is -0.399 e. The third-order valence-corrected chi connectivity index (χ3v) is 2.60. The molecular weight excluding hydrogens is 248 g/mol. The van der Waals surface area contributed by atoms with Crippen LogP contribution in [0.3, 0.4) is 0 Å². The molecule has 0 aliphatic heterocycles. The monoisotopic (exact) mass is 278 g/mol. The molecule has 1 unspecified atom stereocenters. The Morgan fingerprint density at radius 2 is 1.80 bits per heavy atom. The van der Waals surface area contributed by atoms with Crippen LogP contribution in [-0.4, -0.2) is 18.8 Å². The van der Waals surface area contributed by atoms with Crippen LogP contribution in [0.1, 0.15) is 44.7 Å². The van der Waals surface area contributed by atoms with Gasteiger partial charge >= 0.3 is 0 Å². The van der Waals surface area contributed by atoms with Gasteiger partial charge in [0.1, 0.15) is 0 Å². The van der Waals surface area contributed by atoms with Gasteiger partial charge in [-0.3, -0.25) is 0 Å². The zero-order valence-corrected chi connectivity index (χ0v) is 13.5. The maximum absolute atomic E-state index is 9.19. The molecule has 1 atom stereocenters. The van der Waals surface area contributed by atoms with Gasteiger partial charge in [0.2, 0.25) is 0 Å². The minimum atomic E-state index is 0.151. The Kier molecular flexibility index (Phi) is 12.9. The van der Waals surface area contributed by atoms with Gasteiger partial charge in [-0.25, -0.2) is 0 Å². The summed E-state index contributed by atoms with van der Waals surface area (Å²) in [4.78, 5) is 0. The lowest BCUT2D eigenvalue weighted by Gasteiger charge is -2.10. The van der Waals surface area contributed by atoms with Crippen molar-refractivity contribution in [3.8, 4) is 0 Å². The maximum Gasteiger partial charge on any atom is 0.0537 e. The number of aliphatic hydroxyl groups is 1. The molecule has 1 aromatic rings. The average molecular weight is 278 g/mol. The molecule has 0 spiro atoms. The number of aliphatic hydroxyl groups excluding tert-OH is 1. The van der Waals surface area contributed by atoms with Crippen molar-refractivity contribution in [2.45, 2.75) is 33.6 Å². The minimum absolute atomic E-state index is 0.151. The summed E-state index contributed by atoms with van der Waals surface area (Å²) in [5.74, 6) is 0.151. The number of nitrogen functional groups attached to an aromatic ring is 1. The van der Waals surface area contributed by atoms with Gasteiger partial charge in [-0.05, 0) is 44.2 Å². The van der Waals surface area contributed by atoms with Crippen LogP contribution in [0.2, 0.25) is 0 Å². The van der Waals surface area contributed by atoms with Gasteiger partial charge in [-0.15, -0.1) is 6.58 Å². The van der Waals surface area contributed by atoms with Crippen LogP contribution in [0.15, 0.2) is 36.4 Å². The summed E-state index contributed by atoms with van der Waals surface area (Å²) in [6, 6.07) is 5.84. The van der Waals surface area contributed by atoms with E-state index in [2.05, 4.69) is 18.4 Å². The smallest absolute Gasteiger partial charge is 0.0537 e. The van der Waals surface area contributed by atoms with Crippen LogP contribution in [0, 0.1) is 0 Å². The fraction of sp³-hybridized carbons (Fsp3) is 0.412. The van der Waals surface area contributed by atoms with Crippen LogP contribution in [0.5, 0.6) is 0 Å². The van der Waals surface area contributed by atoms with Gasteiger partial charge < -0.3 is 16.6 Å². The summed E-state index contributed by atoms with van der Waals surface area (Å²) < 4.78 is 0. The maximum atomic E-state index is 9.19. The number of allylic oxidation sites excluding steroid dienone is 1. The Morgan fingerprint density at radius 1 is 1.30 bits per heavy atom. The van der Waals surface area contributed by atoms with E-state index in [1.54, 1.807) is 6.08 Å². The lowest BCUT2D eigenvalue weighted by molar-refractivity contribution is 0.280. The second-order valence-electron chi connectivity index (χ2n) is 3.92. The van der Waals surface area contributed by atoms with E-state index < -0.39 is 0 Å². The van der Waals surface area contributed by atoms with E-state index >= 15 is 0 Å². The number of hydrogen-bond donors (Lipinski definition) is 3. The first kappa shape index (κ1) is 20.7. The summed E-state index contributed by atoms with van der Waals surface area (Å²) in [6.45, 7) is 11.5. The third-order valence-electron chi connectivity index (χ3n) is 2.60. The van der Waals surface area contributed by atoms with Gasteiger partial charge in [-0.2, -0.15) is 0 Å². The van der Waals surface area contributed by atoms with Crippen molar-refractivity contribution in [1.82, 2.24) is 0 Å². The molecule has 3 heteroatoms. The van der Waals surface area contributed by atoms with Gasteiger partial charge in [0.15, 0.2) is 0 Å². The Balaban J connectivity index is 0. The Bertz CT molecular complexity index is 411. The summed E-state index contributed by atoms with van der Waals surface area (Å²) >= 11 is 0. The van der Waals surface area contributed by atoms with Gasteiger partial charge in [-0.1, -0.05) is 37.6 Å². The highest BCUT2D eigenvalue weighted by atomic mass is 16.3. The fourth-order valence-corrected chi connectivity index (χ4v) is 1.86. The van der Waals surface area contributed by atoms with E-state index in [0.717, 1.165) is 11.3 Å². The molecule has 0 heterocycles. The molecular formula is C17H30N2O. The molecule has 0 bridgehead atoms. The standard InChI is InChI=1S/C11H13NO.C3H6.C2H6.CH5N/c1-7-4-8-2-3-9(12)5-10(8)11(7)6-13;1-3-2;2*1-2/h2-5,11,13H,6,12H2,1H3;3H,1H2,2H3;1-2H3;2H2,1H3. The number of fused-ring (bicyclic) bond motifs is 1. The van der Waals surface area contributed by atoms with Crippen LogP contribution < -0.4 is 11.5 Å². The SMILES string of the molecule is C=CC.CC.CC1=Cc2ccc(N)cc2C1CO.CN. The topological polar surface area (TPSA) is 72.3 Å². The van der Waals surface area contributed by atoms with Crippen LogP contribution in [0.25, 0.3) is 6.08 Å². The molecule has 1 aromatic carbocycles. The van der Waals surface area contributed by atoms with E-state index in [9.17, 15) is 5.11 Å². The van der Waals surface area contributed by atoms with Crippen molar-refractivity contribution >= 4 is 11.8 Å². The van der Waals surface area contributed by atoms with Crippen molar-refractivity contribution < 1.29 is 5.11 Å². The van der Waals surface area contributed by atoms with E-state index in [1.165, 1.54) is 18.2 Å². The quantitative estimate of drug-likeness (QED) is 0.543. The van der Waals surface area contributed by atoms with E-state index in [4.69, 9.17) is 5.73 Å². The van der Waals surface area contributed by atoms with Gasteiger partial charge in [0.05, 0.1) is 6.61 Å². The van der Waals surface area contributed by atoms with Crippen molar-refractivity contribution in [3.63, 3.8) is 0 Å². The molecule has 0 fully saturated rings. The summed E-state index contributed by atoms with van der Waals surface area (Å²) in [5, 5.41) is 9.19. The largest absolute Gasteiger partial charge is 0.399 e. The first-order valence-corrected chi connectivity index (χ1v) is 6.97. The lowest BCUT2D eigenvalue weighted by Crippen LogP contribution is -2.02. The normalized spacial score (nSPS) is 14.2. The van der Waals surface area contributed by atoms with Crippen LogP contribution >= 0.6 is 0 Å². The van der Waals surface area contributed by atoms with Gasteiger partial charge in [0.25, 0.3) is 0 Å². The fourth-order valence-electron chi connectivity index (χ4n) is 1.86. The Morgan fingerprint density at radius 3 is 2.25 bits per heavy atom. The molecule has 0 saturated carbocycles. The molecule has 3 nitrogen and oxygen atoms in total. The van der Waals surface area contributed by atoms with Crippen molar-refractivity contribution in [1.29, 1.82) is 0 Å². The molecule has 0 aromatic heterocycles. The second kappa shape index (κ2) is 12.5. The van der Waals surface area contributed by atoms with E-state index in [1.807, 2.05) is 45.9 Å². The Labute approximate surface area is 124 Å². The molecule has 5 N–H and O–H groups in total. The number of rotatable bonds is 1. The van der Waals surface area contributed by atoms with E-state index in [-0.39, 0.29) is 12.5 Å². The predicted molar refractivity (Wildman–Crippen MR) is 91.7 cm³/mol. The predicted octanol–water partition coefficient (Wildman–Crippen LogP) is 3.56. The summed E-state index contributed by atoms with van der Waals surface area (Å²) in [5.41, 5.74) is 14.5. The molecule has 1 aliphatic carbocycles. The first-order valence-electron chi connectivity index (χ1n) is 6.97. The molecule has 0 radical (unpaired) electrons. The van der Waals surface area contributed by atoms with Gasteiger partial charge in [0, 0.05) is 11.6 Å². The Hall–Kier alpha value is -1.58. The van der Waals surface area contributed by atoms with Crippen molar-refractivity contribution in [2.75, 3.05) is 19.4 Å². The highest BCUT2D eigenvalue weighted by Crippen LogP contribution is 2.36. The second-order valence-corrected chi connectivity index (χ2v) is 3.92. The zero-order valence-electron chi connectivity index (χ0n) is 13.5. The first-order chi connectivity index (χ1) is 9.63. The average Bonchev–Trinajstić information content (AvgIpc) is 2.78. The molecule has 114 valence electrons. The number of benzene rings is 1. The van der Waals surface area contributed by atoms with E-state index in [0.29, 0.717) is 0 Å². The molecule has 0 saturated heterocycles. The van der Waals surface area contributed by atoms with Crippen molar-refractivity contribution in [3.05, 3.63) is 47.6 Å². The van der Waals surface area contributed by atoms with Crippen LogP contribution in [0.4, 0.5) is 5.69 Å². The molecule has 1 aliphatic rings. The molecule has 2 rings (SSSR count). The molecule has 0 amide bonds. The lowest BCUT2D eigenvalue weighted by atomic mass is 9.97. The molecule has 20 heavy (non-hydrogen) atoms. The summed E-state index contributed by atoms with van der Waals surface area (Å²) in [7, 11) is 1.50. The third kappa shape index (κ3) is 6.04. The van der Waals surface area contributed by atoms with Crippen LogP contribution in [-0.2, 0) is 0 Å². The van der Waals surface area contributed by atoms with Crippen molar-refractivity contribution in [2.24, 2.45) is 5.73 Å². The number of nitrogens with two attached hydrogens (primary N) is 2.